The summed E-state index contributed by atoms with van der Waals surface area (Å²) in [4.78, 5) is 0. The number of hydrogen-bond donors (Lipinski definition) is 0. The van der Waals surface area contributed by atoms with Crippen molar-refractivity contribution in [3.05, 3.63) is 58.7 Å². The second-order valence-corrected chi connectivity index (χ2v) is 7.35. The van der Waals surface area contributed by atoms with E-state index >= 15 is 0 Å². The molecule has 0 radical (unpaired) electrons. The standard InChI is InChI=1S/C20H24Br2O/c1-15-17(9-5-13-21)7-3-11-19(15)23-20-12-4-8-18(16(20)2)10-6-14-22/h3-4,7-8,11-12H,5-6,9-10,13-14H2,1-2H3. The van der Waals surface area contributed by atoms with Gasteiger partial charge in [-0.15, -0.1) is 0 Å². The topological polar surface area (TPSA) is 9.23 Å². The zero-order valence-corrected chi connectivity index (χ0v) is 17.0. The summed E-state index contributed by atoms with van der Waals surface area (Å²) < 4.78 is 6.26. The Bertz CT molecular complexity index is 582. The first kappa shape index (κ1) is 18.5. The number of halogens is 2. The number of rotatable bonds is 8. The van der Waals surface area contributed by atoms with Crippen LogP contribution in [0.4, 0.5) is 0 Å². The number of benzene rings is 2. The van der Waals surface area contributed by atoms with Crippen LogP contribution in [0.25, 0.3) is 0 Å². The molecular weight excluding hydrogens is 416 g/mol. The molecule has 0 heterocycles. The Labute approximate surface area is 156 Å². The molecule has 2 aromatic rings. The molecule has 0 amide bonds. The van der Waals surface area contributed by atoms with Crippen molar-refractivity contribution in [3.8, 4) is 11.5 Å². The molecule has 1 nitrogen and oxygen atoms in total. The number of aryl methyl sites for hydroxylation is 2. The van der Waals surface area contributed by atoms with Gasteiger partial charge in [0.2, 0.25) is 0 Å². The molecule has 124 valence electrons. The van der Waals surface area contributed by atoms with E-state index in [4.69, 9.17) is 4.74 Å². The molecule has 3 heteroatoms. The minimum atomic E-state index is 0.970. The average Bonchev–Trinajstić information content (AvgIpc) is 2.56. The van der Waals surface area contributed by atoms with Crippen LogP contribution >= 0.6 is 31.9 Å². The summed E-state index contributed by atoms with van der Waals surface area (Å²) in [5.74, 6) is 1.94. The third-order valence-electron chi connectivity index (χ3n) is 4.17. The molecule has 0 N–H and O–H groups in total. The molecule has 0 aromatic heterocycles. The molecule has 0 unspecified atom stereocenters. The van der Waals surface area contributed by atoms with E-state index in [0.717, 1.165) is 47.8 Å². The molecule has 0 fully saturated rings. The molecule has 0 spiro atoms. The van der Waals surface area contributed by atoms with Crippen molar-refractivity contribution in [1.29, 1.82) is 0 Å². The third-order valence-corrected chi connectivity index (χ3v) is 5.29. The summed E-state index contributed by atoms with van der Waals surface area (Å²) in [6.45, 7) is 4.31. The Morgan fingerprint density at radius 1 is 0.739 bits per heavy atom. The monoisotopic (exact) mass is 438 g/mol. The highest BCUT2D eigenvalue weighted by atomic mass is 79.9. The van der Waals surface area contributed by atoms with Crippen molar-refractivity contribution in [2.75, 3.05) is 10.7 Å². The fourth-order valence-corrected chi connectivity index (χ4v) is 3.28. The Morgan fingerprint density at radius 2 is 1.17 bits per heavy atom. The highest BCUT2D eigenvalue weighted by Gasteiger charge is 2.09. The van der Waals surface area contributed by atoms with E-state index < -0.39 is 0 Å². The number of ether oxygens (including phenoxy) is 1. The van der Waals surface area contributed by atoms with Gasteiger partial charge in [0.25, 0.3) is 0 Å². The number of alkyl halides is 2. The van der Waals surface area contributed by atoms with E-state index in [1.807, 2.05) is 0 Å². The molecule has 0 aliphatic rings. The fourth-order valence-electron chi connectivity index (χ4n) is 2.72. The zero-order chi connectivity index (χ0) is 16.7. The van der Waals surface area contributed by atoms with Gasteiger partial charge in [-0.1, -0.05) is 56.1 Å². The molecule has 2 aromatic carbocycles. The predicted molar refractivity (Wildman–Crippen MR) is 107 cm³/mol. The van der Waals surface area contributed by atoms with E-state index in [9.17, 15) is 0 Å². The largest absolute Gasteiger partial charge is 0.457 e. The predicted octanol–water partition coefficient (Wildman–Crippen LogP) is 6.75. The lowest BCUT2D eigenvalue weighted by atomic mass is 10.0. The first-order valence-corrected chi connectivity index (χ1v) is 10.4. The quantitative estimate of drug-likeness (QED) is 0.413. The first-order valence-electron chi connectivity index (χ1n) is 8.14. The summed E-state index contributed by atoms with van der Waals surface area (Å²) in [5, 5.41) is 2.07. The Balaban J connectivity index is 2.22. The average molecular weight is 440 g/mol. The van der Waals surface area contributed by atoms with Crippen molar-refractivity contribution in [1.82, 2.24) is 0 Å². The van der Waals surface area contributed by atoms with Gasteiger partial charge >= 0.3 is 0 Å². The lowest BCUT2D eigenvalue weighted by Gasteiger charge is -2.15. The maximum atomic E-state index is 6.26. The van der Waals surface area contributed by atoms with Crippen molar-refractivity contribution in [2.45, 2.75) is 39.5 Å². The van der Waals surface area contributed by atoms with Crippen molar-refractivity contribution in [3.63, 3.8) is 0 Å². The summed E-state index contributed by atoms with van der Waals surface area (Å²) in [6, 6.07) is 12.7. The van der Waals surface area contributed by atoms with Gasteiger partial charge in [-0.3, -0.25) is 0 Å². The van der Waals surface area contributed by atoms with Crippen LogP contribution in [0.5, 0.6) is 11.5 Å². The molecule has 0 saturated heterocycles. The van der Waals surface area contributed by atoms with Crippen LogP contribution in [0.2, 0.25) is 0 Å². The minimum Gasteiger partial charge on any atom is -0.457 e. The van der Waals surface area contributed by atoms with Crippen LogP contribution in [0, 0.1) is 13.8 Å². The van der Waals surface area contributed by atoms with Crippen molar-refractivity contribution in [2.24, 2.45) is 0 Å². The Morgan fingerprint density at radius 3 is 1.57 bits per heavy atom. The van der Waals surface area contributed by atoms with Crippen LogP contribution in [0.3, 0.4) is 0 Å². The maximum absolute atomic E-state index is 6.26. The van der Waals surface area contributed by atoms with Gasteiger partial charge in [0.1, 0.15) is 11.5 Å². The molecule has 2 rings (SSSR count). The van der Waals surface area contributed by atoms with Gasteiger partial charge in [0, 0.05) is 10.7 Å². The normalized spacial score (nSPS) is 10.8. The van der Waals surface area contributed by atoms with Gasteiger partial charge in [-0.2, -0.15) is 0 Å². The summed E-state index contributed by atoms with van der Waals surface area (Å²) in [7, 11) is 0. The summed E-state index contributed by atoms with van der Waals surface area (Å²) in [5.41, 5.74) is 5.24. The van der Waals surface area contributed by atoms with Crippen LogP contribution in [0.15, 0.2) is 36.4 Å². The Hall–Kier alpha value is -0.800. The van der Waals surface area contributed by atoms with Gasteiger partial charge in [0.15, 0.2) is 0 Å². The molecule has 0 saturated carbocycles. The van der Waals surface area contributed by atoms with E-state index in [0.29, 0.717) is 0 Å². The molecule has 0 atom stereocenters. The third kappa shape index (κ3) is 5.09. The lowest BCUT2D eigenvalue weighted by Crippen LogP contribution is -1.97. The van der Waals surface area contributed by atoms with Gasteiger partial charge in [0.05, 0.1) is 0 Å². The molecule has 0 aliphatic heterocycles. The van der Waals surface area contributed by atoms with E-state index in [1.165, 1.54) is 22.3 Å². The van der Waals surface area contributed by atoms with E-state index in [1.54, 1.807) is 0 Å². The second-order valence-electron chi connectivity index (χ2n) is 5.77. The second kappa shape index (κ2) is 9.48. The number of hydrogen-bond acceptors (Lipinski definition) is 1. The molecule has 0 bridgehead atoms. The van der Waals surface area contributed by atoms with Gasteiger partial charge in [-0.25, -0.2) is 0 Å². The smallest absolute Gasteiger partial charge is 0.130 e. The first-order chi connectivity index (χ1) is 11.2. The minimum absolute atomic E-state index is 0.970. The Kier molecular flexibility index (Phi) is 7.64. The van der Waals surface area contributed by atoms with Crippen molar-refractivity contribution < 1.29 is 4.74 Å². The van der Waals surface area contributed by atoms with Crippen LogP contribution < -0.4 is 4.74 Å². The van der Waals surface area contributed by atoms with Crippen LogP contribution in [-0.2, 0) is 12.8 Å². The highest BCUT2D eigenvalue weighted by Crippen LogP contribution is 2.31. The highest BCUT2D eigenvalue weighted by molar-refractivity contribution is 9.09. The van der Waals surface area contributed by atoms with Gasteiger partial charge in [-0.05, 0) is 73.9 Å². The maximum Gasteiger partial charge on any atom is 0.130 e. The van der Waals surface area contributed by atoms with E-state index in [2.05, 4.69) is 82.1 Å². The molecule has 23 heavy (non-hydrogen) atoms. The summed E-state index contributed by atoms with van der Waals surface area (Å²) >= 11 is 7.01. The van der Waals surface area contributed by atoms with Crippen LogP contribution in [0.1, 0.15) is 35.1 Å². The fraction of sp³-hybridized carbons (Fsp3) is 0.400. The van der Waals surface area contributed by atoms with E-state index in [-0.39, 0.29) is 0 Å². The molecule has 0 aliphatic carbocycles. The SMILES string of the molecule is Cc1c(CCCBr)cccc1Oc1cccc(CCCBr)c1C. The zero-order valence-electron chi connectivity index (χ0n) is 13.9. The van der Waals surface area contributed by atoms with Gasteiger partial charge < -0.3 is 4.74 Å². The van der Waals surface area contributed by atoms with Crippen LogP contribution in [-0.4, -0.2) is 10.7 Å². The summed E-state index contributed by atoms with van der Waals surface area (Å²) in [6.07, 6.45) is 4.45. The van der Waals surface area contributed by atoms with Crippen molar-refractivity contribution >= 4 is 31.9 Å². The molecular formula is C20H24Br2O. The lowest BCUT2D eigenvalue weighted by molar-refractivity contribution is 0.473.